The molecule has 0 heterocycles. The summed E-state index contributed by atoms with van der Waals surface area (Å²) in [7, 11) is 2.08. The molecule has 0 aliphatic heterocycles. The van der Waals surface area contributed by atoms with Crippen LogP contribution in [0.5, 0.6) is 0 Å². The van der Waals surface area contributed by atoms with E-state index in [1.165, 1.54) is 0 Å². The van der Waals surface area contributed by atoms with E-state index in [2.05, 4.69) is 41.4 Å². The normalized spacial score (nSPS) is 12.5. The van der Waals surface area contributed by atoms with E-state index in [0.29, 0.717) is 25.1 Å². The SMILES string of the molecule is CCNC(=NCCCCN(C)C(C)C)NCCC(F)(F)F.I. The molecule has 0 fully saturated rings. The van der Waals surface area contributed by atoms with Crippen LogP contribution in [0, 0.1) is 0 Å². The van der Waals surface area contributed by atoms with Gasteiger partial charge in [0.15, 0.2) is 5.96 Å². The molecule has 0 unspecified atom stereocenters. The highest BCUT2D eigenvalue weighted by molar-refractivity contribution is 14.0. The highest BCUT2D eigenvalue weighted by Gasteiger charge is 2.26. The van der Waals surface area contributed by atoms with Crippen LogP contribution >= 0.6 is 24.0 Å². The monoisotopic (exact) mass is 438 g/mol. The van der Waals surface area contributed by atoms with Gasteiger partial charge in [-0.1, -0.05) is 0 Å². The topological polar surface area (TPSA) is 39.7 Å². The number of nitrogens with one attached hydrogen (secondary N) is 2. The first kappa shape index (κ1) is 24.0. The Labute approximate surface area is 149 Å². The van der Waals surface area contributed by atoms with Crippen molar-refractivity contribution in [2.75, 3.05) is 33.2 Å². The zero-order valence-electron chi connectivity index (χ0n) is 14.0. The van der Waals surface area contributed by atoms with Crippen LogP contribution in [-0.2, 0) is 0 Å². The molecule has 0 atom stereocenters. The van der Waals surface area contributed by atoms with Gasteiger partial charge in [-0.2, -0.15) is 13.2 Å². The predicted octanol–water partition coefficient (Wildman–Crippen LogP) is 3.23. The Balaban J connectivity index is 0. The first-order valence-corrected chi connectivity index (χ1v) is 7.55. The van der Waals surface area contributed by atoms with Crippen molar-refractivity contribution in [2.24, 2.45) is 4.99 Å². The fourth-order valence-electron chi connectivity index (χ4n) is 1.59. The van der Waals surface area contributed by atoms with E-state index in [4.69, 9.17) is 0 Å². The highest BCUT2D eigenvalue weighted by Crippen LogP contribution is 2.17. The zero-order valence-corrected chi connectivity index (χ0v) is 16.3. The minimum atomic E-state index is -4.13. The van der Waals surface area contributed by atoms with Crippen LogP contribution in [0.2, 0.25) is 0 Å². The van der Waals surface area contributed by atoms with Crippen LogP contribution < -0.4 is 10.6 Å². The number of guanidine groups is 1. The van der Waals surface area contributed by atoms with Crippen molar-refractivity contribution < 1.29 is 13.2 Å². The number of unbranched alkanes of at least 4 members (excludes halogenated alkanes) is 1. The fourth-order valence-corrected chi connectivity index (χ4v) is 1.59. The van der Waals surface area contributed by atoms with Crippen molar-refractivity contribution >= 4 is 29.9 Å². The lowest BCUT2D eigenvalue weighted by molar-refractivity contribution is -0.132. The molecule has 0 aliphatic rings. The van der Waals surface area contributed by atoms with E-state index in [1.54, 1.807) is 0 Å². The summed E-state index contributed by atoms with van der Waals surface area (Å²) < 4.78 is 36.2. The molecule has 0 saturated carbocycles. The molecule has 0 amide bonds. The second-order valence-corrected chi connectivity index (χ2v) is 5.33. The smallest absolute Gasteiger partial charge is 0.357 e. The molecule has 0 aromatic carbocycles. The van der Waals surface area contributed by atoms with Crippen molar-refractivity contribution in [3.05, 3.63) is 0 Å². The summed E-state index contributed by atoms with van der Waals surface area (Å²) in [5.41, 5.74) is 0. The maximum absolute atomic E-state index is 12.1. The van der Waals surface area contributed by atoms with Gasteiger partial charge in [-0.25, -0.2) is 0 Å². The molecule has 0 rings (SSSR count). The van der Waals surface area contributed by atoms with Gasteiger partial charge in [0.05, 0.1) is 6.42 Å². The van der Waals surface area contributed by atoms with Crippen LogP contribution in [-0.4, -0.2) is 56.3 Å². The van der Waals surface area contributed by atoms with Crippen molar-refractivity contribution in [2.45, 2.75) is 52.3 Å². The summed E-state index contributed by atoms with van der Waals surface area (Å²) >= 11 is 0. The van der Waals surface area contributed by atoms with E-state index in [9.17, 15) is 13.2 Å². The number of halogens is 4. The van der Waals surface area contributed by atoms with E-state index in [0.717, 1.165) is 19.4 Å². The van der Waals surface area contributed by atoms with Crippen LogP contribution in [0.3, 0.4) is 0 Å². The Bertz CT molecular complexity index is 296. The molecular weight excluding hydrogens is 408 g/mol. The summed E-state index contributed by atoms with van der Waals surface area (Å²) in [4.78, 5) is 6.54. The number of alkyl halides is 3. The third-order valence-electron chi connectivity index (χ3n) is 3.12. The second-order valence-electron chi connectivity index (χ2n) is 5.33. The van der Waals surface area contributed by atoms with E-state index < -0.39 is 12.6 Å². The van der Waals surface area contributed by atoms with Gasteiger partial charge in [0.1, 0.15) is 0 Å². The third-order valence-corrected chi connectivity index (χ3v) is 3.12. The Morgan fingerprint density at radius 3 is 2.32 bits per heavy atom. The molecular formula is C14H30F3IN4. The molecule has 0 spiro atoms. The van der Waals surface area contributed by atoms with Crippen molar-refractivity contribution in [3.8, 4) is 0 Å². The number of nitrogens with zero attached hydrogens (tertiary/aromatic N) is 2. The van der Waals surface area contributed by atoms with E-state index in [1.807, 2.05) is 6.92 Å². The Morgan fingerprint density at radius 1 is 1.18 bits per heavy atom. The maximum atomic E-state index is 12.1. The molecule has 8 heteroatoms. The summed E-state index contributed by atoms with van der Waals surface area (Å²) in [6, 6.07) is 0.523. The van der Waals surface area contributed by atoms with E-state index >= 15 is 0 Å². The second kappa shape index (κ2) is 13.2. The minimum absolute atomic E-state index is 0. The van der Waals surface area contributed by atoms with Crippen LogP contribution in [0.25, 0.3) is 0 Å². The summed E-state index contributed by atoms with van der Waals surface area (Å²) in [5, 5.41) is 5.65. The quantitative estimate of drug-likeness (QED) is 0.251. The van der Waals surface area contributed by atoms with Gasteiger partial charge in [-0.15, -0.1) is 24.0 Å². The Kier molecular flexibility index (Phi) is 14.4. The van der Waals surface area contributed by atoms with Crippen LogP contribution in [0.1, 0.15) is 40.0 Å². The van der Waals surface area contributed by atoms with Crippen molar-refractivity contribution in [3.63, 3.8) is 0 Å². The molecule has 0 bridgehead atoms. The standard InChI is InChI=1S/C14H29F3N4.HI/c1-5-18-13(20-10-8-14(15,16)17)19-9-6-7-11-21(4)12(2)3;/h12H,5-11H2,1-4H3,(H2,18,19,20);1H. The lowest BCUT2D eigenvalue weighted by atomic mass is 10.2. The molecule has 134 valence electrons. The molecule has 0 aromatic heterocycles. The average Bonchev–Trinajstić information content (AvgIpc) is 2.36. The molecule has 0 radical (unpaired) electrons. The van der Waals surface area contributed by atoms with Gasteiger partial charge < -0.3 is 15.5 Å². The third kappa shape index (κ3) is 14.7. The zero-order chi connectivity index (χ0) is 16.3. The van der Waals surface area contributed by atoms with E-state index in [-0.39, 0.29) is 30.5 Å². The first-order chi connectivity index (χ1) is 9.76. The lowest BCUT2D eigenvalue weighted by Crippen LogP contribution is -2.39. The Hall–Kier alpha value is -0.250. The van der Waals surface area contributed by atoms with Crippen LogP contribution in [0.15, 0.2) is 4.99 Å². The summed E-state index contributed by atoms with van der Waals surface area (Å²) in [6.45, 7) is 8.29. The van der Waals surface area contributed by atoms with Gasteiger partial charge in [0.25, 0.3) is 0 Å². The molecule has 0 saturated heterocycles. The summed E-state index contributed by atoms with van der Waals surface area (Å²) in [5.74, 6) is 0.457. The number of hydrogen-bond acceptors (Lipinski definition) is 2. The molecule has 0 aliphatic carbocycles. The van der Waals surface area contributed by atoms with Gasteiger partial charge in [0, 0.05) is 25.7 Å². The van der Waals surface area contributed by atoms with Crippen LogP contribution in [0.4, 0.5) is 13.2 Å². The average molecular weight is 438 g/mol. The lowest BCUT2D eigenvalue weighted by Gasteiger charge is -2.20. The highest BCUT2D eigenvalue weighted by atomic mass is 127. The van der Waals surface area contributed by atoms with Gasteiger partial charge >= 0.3 is 6.18 Å². The molecule has 2 N–H and O–H groups in total. The minimum Gasteiger partial charge on any atom is -0.357 e. The number of rotatable bonds is 9. The van der Waals surface area contributed by atoms with Gasteiger partial charge in [-0.3, -0.25) is 4.99 Å². The maximum Gasteiger partial charge on any atom is 0.390 e. The van der Waals surface area contributed by atoms with Gasteiger partial charge in [0.2, 0.25) is 0 Å². The Morgan fingerprint density at radius 2 is 1.82 bits per heavy atom. The first-order valence-electron chi connectivity index (χ1n) is 7.55. The number of hydrogen-bond donors (Lipinski definition) is 2. The fraction of sp³-hybridized carbons (Fsp3) is 0.929. The molecule has 0 aromatic rings. The summed E-state index contributed by atoms with van der Waals surface area (Å²) in [6.07, 6.45) is -3.03. The molecule has 4 nitrogen and oxygen atoms in total. The van der Waals surface area contributed by atoms with Crippen molar-refractivity contribution in [1.29, 1.82) is 0 Å². The predicted molar refractivity (Wildman–Crippen MR) is 97.1 cm³/mol. The number of aliphatic imine (C=N–C) groups is 1. The van der Waals surface area contributed by atoms with Crippen molar-refractivity contribution in [1.82, 2.24) is 15.5 Å². The largest absolute Gasteiger partial charge is 0.390 e. The molecule has 22 heavy (non-hydrogen) atoms. The van der Waals surface area contributed by atoms with Gasteiger partial charge in [-0.05, 0) is 47.2 Å².